The van der Waals surface area contributed by atoms with E-state index in [1.165, 1.54) is 0 Å². The van der Waals surface area contributed by atoms with E-state index in [9.17, 15) is 13.2 Å². The second-order valence-corrected chi connectivity index (χ2v) is 4.14. The highest BCUT2D eigenvalue weighted by atomic mass is 35.5. The minimum atomic E-state index is -4.44. The van der Waals surface area contributed by atoms with Crippen LogP contribution < -0.4 is 5.32 Å². The third kappa shape index (κ3) is 3.85. The highest BCUT2D eigenvalue weighted by Crippen LogP contribution is 2.31. The number of nitrogens with zero attached hydrogens (tertiary/aromatic N) is 3. The van der Waals surface area contributed by atoms with Gasteiger partial charge in [-0.3, -0.25) is 4.68 Å². The Morgan fingerprint density at radius 2 is 2.11 bits per heavy atom. The smallest absolute Gasteiger partial charge is 0.368 e. The summed E-state index contributed by atoms with van der Waals surface area (Å²) >= 11 is 5.57. The fourth-order valence-electron chi connectivity index (χ4n) is 1.48. The summed E-state index contributed by atoms with van der Waals surface area (Å²) in [5.41, 5.74) is -0.825. The van der Waals surface area contributed by atoms with E-state index in [1.807, 2.05) is 0 Å². The molecule has 0 saturated heterocycles. The summed E-state index contributed by atoms with van der Waals surface area (Å²) in [5.74, 6) is 0.0898. The Kier molecular flexibility index (Phi) is 3.94. The van der Waals surface area contributed by atoms with Gasteiger partial charge < -0.3 is 5.32 Å². The van der Waals surface area contributed by atoms with Crippen molar-refractivity contribution >= 4 is 17.4 Å². The Labute approximate surface area is 112 Å². The van der Waals surface area contributed by atoms with Gasteiger partial charge in [-0.2, -0.15) is 18.3 Å². The molecule has 2 aromatic rings. The van der Waals surface area contributed by atoms with Crippen molar-refractivity contribution in [3.63, 3.8) is 0 Å². The molecule has 0 atom stereocenters. The van der Waals surface area contributed by atoms with Crippen LogP contribution in [0.2, 0.25) is 5.15 Å². The van der Waals surface area contributed by atoms with Crippen molar-refractivity contribution in [2.75, 3.05) is 11.9 Å². The number of hydrogen-bond donors (Lipinski definition) is 1. The van der Waals surface area contributed by atoms with Crippen LogP contribution in [0.25, 0.3) is 0 Å². The van der Waals surface area contributed by atoms with Gasteiger partial charge in [0.1, 0.15) is 11.0 Å². The summed E-state index contributed by atoms with van der Waals surface area (Å²) in [4.78, 5) is 3.79. The van der Waals surface area contributed by atoms with Crippen molar-refractivity contribution in [1.82, 2.24) is 14.8 Å². The predicted molar refractivity (Wildman–Crippen MR) is 65.0 cm³/mol. The van der Waals surface area contributed by atoms with E-state index >= 15 is 0 Å². The van der Waals surface area contributed by atoms with E-state index in [0.29, 0.717) is 13.1 Å². The predicted octanol–water partition coefficient (Wildman–Crippen LogP) is 3.06. The molecule has 0 aromatic carbocycles. The van der Waals surface area contributed by atoms with Gasteiger partial charge in [0, 0.05) is 18.9 Å². The van der Waals surface area contributed by atoms with Crippen LogP contribution in [0, 0.1) is 0 Å². The van der Waals surface area contributed by atoms with Crippen molar-refractivity contribution in [2.24, 2.45) is 0 Å². The van der Waals surface area contributed by atoms with Crippen LogP contribution in [0.3, 0.4) is 0 Å². The van der Waals surface area contributed by atoms with Gasteiger partial charge in [0.05, 0.1) is 12.1 Å². The molecule has 0 aliphatic rings. The average molecular weight is 291 g/mol. The minimum Gasteiger partial charge on any atom is -0.368 e. The molecule has 0 aliphatic carbocycles. The minimum absolute atomic E-state index is 0.0898. The molecule has 0 unspecified atom stereocenters. The molecule has 4 nitrogen and oxygen atoms in total. The topological polar surface area (TPSA) is 42.7 Å². The van der Waals surface area contributed by atoms with E-state index in [0.717, 1.165) is 12.1 Å². The van der Waals surface area contributed by atoms with Gasteiger partial charge in [-0.1, -0.05) is 11.6 Å². The Bertz CT molecular complexity index is 539. The van der Waals surface area contributed by atoms with Gasteiger partial charge >= 0.3 is 6.18 Å². The van der Waals surface area contributed by atoms with Crippen LogP contribution in [-0.4, -0.2) is 21.3 Å². The second kappa shape index (κ2) is 5.48. The fourth-order valence-corrected chi connectivity index (χ4v) is 1.69. The third-order valence-electron chi connectivity index (χ3n) is 2.33. The first-order chi connectivity index (χ1) is 8.95. The largest absolute Gasteiger partial charge is 0.416 e. The molecule has 0 saturated carbocycles. The van der Waals surface area contributed by atoms with Crippen LogP contribution in [-0.2, 0) is 12.7 Å². The molecule has 0 fully saturated rings. The van der Waals surface area contributed by atoms with Crippen molar-refractivity contribution in [1.29, 1.82) is 0 Å². The zero-order valence-electron chi connectivity index (χ0n) is 9.65. The molecule has 2 aromatic heterocycles. The number of hydrogen-bond acceptors (Lipinski definition) is 3. The zero-order chi connectivity index (χ0) is 13.9. The Morgan fingerprint density at radius 1 is 1.32 bits per heavy atom. The van der Waals surface area contributed by atoms with Crippen molar-refractivity contribution in [3.8, 4) is 0 Å². The van der Waals surface area contributed by atoms with E-state index in [-0.39, 0.29) is 11.0 Å². The molecule has 19 heavy (non-hydrogen) atoms. The first-order valence-corrected chi connectivity index (χ1v) is 5.79. The van der Waals surface area contributed by atoms with Crippen molar-refractivity contribution in [2.45, 2.75) is 12.7 Å². The molecule has 8 heteroatoms. The zero-order valence-corrected chi connectivity index (χ0v) is 10.4. The van der Waals surface area contributed by atoms with Crippen LogP contribution in [0.1, 0.15) is 5.56 Å². The maximum Gasteiger partial charge on any atom is 0.416 e. The number of rotatable bonds is 4. The summed E-state index contributed by atoms with van der Waals surface area (Å²) in [6.45, 7) is 0.912. The van der Waals surface area contributed by atoms with Gasteiger partial charge in [0.15, 0.2) is 0 Å². The first-order valence-electron chi connectivity index (χ1n) is 5.41. The number of aromatic nitrogens is 3. The number of nitrogens with one attached hydrogen (secondary N) is 1. The van der Waals surface area contributed by atoms with E-state index < -0.39 is 11.7 Å². The molecule has 1 N–H and O–H groups in total. The molecule has 2 rings (SSSR count). The third-order valence-corrected chi connectivity index (χ3v) is 2.52. The Morgan fingerprint density at radius 3 is 2.74 bits per heavy atom. The van der Waals surface area contributed by atoms with E-state index in [2.05, 4.69) is 15.4 Å². The van der Waals surface area contributed by atoms with Crippen molar-refractivity contribution < 1.29 is 13.2 Å². The summed E-state index contributed by atoms with van der Waals surface area (Å²) in [6.07, 6.45) is -1.06. The standard InChI is InChI=1S/C11H10ClF3N4/c12-9-6-8(11(13,14)15)7-10(18-9)16-3-5-19-4-1-2-17-19/h1-2,4,6-7H,3,5H2,(H,16,18). The highest BCUT2D eigenvalue weighted by molar-refractivity contribution is 6.29. The molecular formula is C11H10ClF3N4. The van der Waals surface area contributed by atoms with Gasteiger partial charge in [-0.15, -0.1) is 0 Å². The lowest BCUT2D eigenvalue weighted by Gasteiger charge is -2.10. The molecule has 0 bridgehead atoms. The fraction of sp³-hybridized carbons (Fsp3) is 0.273. The molecule has 0 radical (unpaired) electrons. The molecule has 0 spiro atoms. The molecular weight excluding hydrogens is 281 g/mol. The second-order valence-electron chi connectivity index (χ2n) is 3.76. The lowest BCUT2D eigenvalue weighted by atomic mass is 10.2. The van der Waals surface area contributed by atoms with E-state index in [1.54, 1.807) is 23.1 Å². The lowest BCUT2D eigenvalue weighted by molar-refractivity contribution is -0.137. The quantitative estimate of drug-likeness (QED) is 0.880. The van der Waals surface area contributed by atoms with E-state index in [4.69, 9.17) is 11.6 Å². The first kappa shape index (κ1) is 13.7. The maximum atomic E-state index is 12.6. The summed E-state index contributed by atoms with van der Waals surface area (Å²) in [6, 6.07) is 3.48. The van der Waals surface area contributed by atoms with Gasteiger partial charge in [-0.05, 0) is 18.2 Å². The van der Waals surface area contributed by atoms with Crippen LogP contribution >= 0.6 is 11.6 Å². The van der Waals surface area contributed by atoms with Gasteiger partial charge in [0.25, 0.3) is 0 Å². The molecule has 0 amide bonds. The maximum absolute atomic E-state index is 12.6. The molecule has 2 heterocycles. The number of halogens is 4. The van der Waals surface area contributed by atoms with Gasteiger partial charge in [-0.25, -0.2) is 4.98 Å². The Balaban J connectivity index is 2.02. The average Bonchev–Trinajstić information content (AvgIpc) is 2.80. The van der Waals surface area contributed by atoms with Crippen molar-refractivity contribution in [3.05, 3.63) is 41.3 Å². The molecule has 0 aliphatic heterocycles. The number of alkyl halides is 3. The monoisotopic (exact) mass is 290 g/mol. The summed E-state index contributed by atoms with van der Waals surface area (Å²) in [7, 11) is 0. The van der Waals surface area contributed by atoms with Crippen LogP contribution in [0.5, 0.6) is 0 Å². The highest BCUT2D eigenvalue weighted by Gasteiger charge is 2.31. The summed E-state index contributed by atoms with van der Waals surface area (Å²) in [5, 5.41) is 6.55. The SMILES string of the molecule is FC(F)(F)c1cc(Cl)nc(NCCn2cccn2)c1. The molecule has 102 valence electrons. The van der Waals surface area contributed by atoms with Crippen LogP contribution in [0.4, 0.5) is 19.0 Å². The summed E-state index contributed by atoms with van der Waals surface area (Å²) < 4.78 is 39.4. The van der Waals surface area contributed by atoms with Gasteiger partial charge in [0.2, 0.25) is 0 Å². The van der Waals surface area contributed by atoms with Crippen LogP contribution in [0.15, 0.2) is 30.6 Å². The Hall–Kier alpha value is -1.76. The number of anilines is 1. The number of pyridine rings is 1. The lowest BCUT2D eigenvalue weighted by Crippen LogP contribution is -2.13. The normalized spacial score (nSPS) is 11.6.